The zero-order chi connectivity index (χ0) is 15.9. The highest BCUT2D eigenvalue weighted by atomic mass is 14.0. The largest absolute Gasteiger partial charge is 0.0610 e. The molecule has 0 aliphatic heterocycles. The average Bonchev–Trinajstić information content (AvgIpc) is 2.64. The van der Waals surface area contributed by atoms with E-state index in [4.69, 9.17) is 0 Å². The molecule has 0 spiro atoms. The molecular weight excluding hydrogens is 288 g/mol. The Labute approximate surface area is 140 Å². The van der Waals surface area contributed by atoms with Gasteiger partial charge in [0.2, 0.25) is 0 Å². The first-order chi connectivity index (χ1) is 11.9. The first-order valence-electron chi connectivity index (χ1n) is 8.30. The predicted molar refractivity (Wildman–Crippen MR) is 105 cm³/mol. The maximum absolute atomic E-state index is 2.25. The van der Waals surface area contributed by atoms with Gasteiger partial charge in [-0.15, -0.1) is 0 Å². The van der Waals surface area contributed by atoms with Crippen LogP contribution in [0.2, 0.25) is 0 Å². The number of hydrogen-bond acceptors (Lipinski definition) is 0. The van der Waals surface area contributed by atoms with Crippen LogP contribution in [0.4, 0.5) is 0 Å². The van der Waals surface area contributed by atoms with Crippen molar-refractivity contribution in [2.45, 2.75) is 0 Å². The van der Waals surface area contributed by atoms with Gasteiger partial charge in [0.25, 0.3) is 0 Å². The molecule has 5 aromatic rings. The molecule has 0 heteroatoms. The normalized spacial score (nSPS) is 11.3. The van der Waals surface area contributed by atoms with Gasteiger partial charge in [-0.25, -0.2) is 0 Å². The van der Waals surface area contributed by atoms with E-state index in [0.29, 0.717) is 0 Å². The molecule has 5 rings (SSSR count). The lowest BCUT2D eigenvalue weighted by Crippen LogP contribution is -1.78. The molecule has 0 heterocycles. The molecule has 0 aromatic heterocycles. The molecule has 0 bridgehead atoms. The van der Waals surface area contributed by atoms with Crippen molar-refractivity contribution in [3.8, 4) is 0 Å². The van der Waals surface area contributed by atoms with Crippen LogP contribution in [0.15, 0.2) is 97.1 Å². The molecule has 0 fully saturated rings. The molecular formula is C24H16. The fourth-order valence-corrected chi connectivity index (χ4v) is 3.71. The van der Waals surface area contributed by atoms with Crippen LogP contribution >= 0.6 is 0 Å². The van der Waals surface area contributed by atoms with E-state index in [0.717, 1.165) is 0 Å². The van der Waals surface area contributed by atoms with Gasteiger partial charge >= 0.3 is 0 Å². The second-order valence-electron chi connectivity index (χ2n) is 6.25. The molecule has 0 saturated carbocycles. The van der Waals surface area contributed by atoms with Gasteiger partial charge < -0.3 is 0 Å². The standard InChI is InChI=1S/C24H16/c1-5-17-6-2-10-20-15-16-22-12-4-8-18-7-3-11-21(24(18)22)14-13-19(9-1)23(17)20/h1-16H. The lowest BCUT2D eigenvalue weighted by atomic mass is 10.00. The van der Waals surface area contributed by atoms with Gasteiger partial charge in [-0.2, -0.15) is 0 Å². The van der Waals surface area contributed by atoms with Crippen LogP contribution < -0.4 is 0 Å². The number of hydrogen-bond donors (Lipinski definition) is 0. The monoisotopic (exact) mass is 304 g/mol. The molecule has 0 unspecified atom stereocenters. The highest BCUT2D eigenvalue weighted by Gasteiger charge is 2.01. The van der Waals surface area contributed by atoms with Crippen molar-refractivity contribution in [1.82, 2.24) is 0 Å². The molecule has 0 nitrogen and oxygen atoms in total. The molecule has 112 valence electrons. The minimum atomic E-state index is 1.27. The van der Waals surface area contributed by atoms with Crippen molar-refractivity contribution in [3.05, 3.63) is 97.1 Å². The van der Waals surface area contributed by atoms with Gasteiger partial charge in [0, 0.05) is 0 Å². The smallest absolute Gasteiger partial charge is 0.00389 e. The Morgan fingerprint density at radius 3 is 0.708 bits per heavy atom. The van der Waals surface area contributed by atoms with E-state index < -0.39 is 0 Å². The fourth-order valence-electron chi connectivity index (χ4n) is 3.71. The van der Waals surface area contributed by atoms with Gasteiger partial charge in [-0.1, -0.05) is 97.1 Å². The molecule has 0 aliphatic carbocycles. The first-order valence-corrected chi connectivity index (χ1v) is 8.30. The van der Waals surface area contributed by atoms with Crippen molar-refractivity contribution >= 4 is 43.1 Å². The summed E-state index contributed by atoms with van der Waals surface area (Å²) in [5, 5.41) is 10.3. The molecule has 24 heavy (non-hydrogen) atoms. The van der Waals surface area contributed by atoms with E-state index in [9.17, 15) is 0 Å². The fraction of sp³-hybridized carbons (Fsp3) is 0. The SMILES string of the molecule is c1cc2cccc3ccc4cccc5cccc(ccc(c1)c23)c54. The minimum absolute atomic E-state index is 1.27. The Bertz CT molecular complexity index is 1060. The summed E-state index contributed by atoms with van der Waals surface area (Å²) in [6.45, 7) is 0. The number of benzene rings is 4. The van der Waals surface area contributed by atoms with Gasteiger partial charge in [0.15, 0.2) is 0 Å². The van der Waals surface area contributed by atoms with E-state index >= 15 is 0 Å². The Hall–Kier alpha value is -3.12. The summed E-state index contributed by atoms with van der Waals surface area (Å²) in [5.74, 6) is 0. The summed E-state index contributed by atoms with van der Waals surface area (Å²) < 4.78 is 0. The summed E-state index contributed by atoms with van der Waals surface area (Å²) in [6.07, 6.45) is 0. The Morgan fingerprint density at radius 2 is 0.458 bits per heavy atom. The molecule has 0 amide bonds. The molecule has 0 saturated heterocycles. The van der Waals surface area contributed by atoms with Crippen LogP contribution in [0.25, 0.3) is 43.1 Å². The summed E-state index contributed by atoms with van der Waals surface area (Å²) in [6, 6.07) is 35.1. The van der Waals surface area contributed by atoms with Crippen molar-refractivity contribution in [2.24, 2.45) is 0 Å². The Kier molecular flexibility index (Phi) is 2.89. The van der Waals surface area contributed by atoms with Crippen LogP contribution in [-0.4, -0.2) is 0 Å². The van der Waals surface area contributed by atoms with Crippen molar-refractivity contribution < 1.29 is 0 Å². The summed E-state index contributed by atoms with van der Waals surface area (Å²) >= 11 is 0. The second kappa shape index (κ2) is 5.21. The van der Waals surface area contributed by atoms with Gasteiger partial charge in [-0.05, 0) is 43.1 Å². The van der Waals surface area contributed by atoms with Crippen LogP contribution in [0.5, 0.6) is 0 Å². The topological polar surface area (TPSA) is 0 Å². The lowest BCUT2D eigenvalue weighted by Gasteiger charge is -2.05. The molecule has 0 radical (unpaired) electrons. The van der Waals surface area contributed by atoms with E-state index in [2.05, 4.69) is 97.1 Å². The maximum atomic E-state index is 2.25. The molecule has 0 N–H and O–H groups in total. The zero-order valence-electron chi connectivity index (χ0n) is 13.2. The van der Waals surface area contributed by atoms with Crippen molar-refractivity contribution in [2.75, 3.05) is 0 Å². The quantitative estimate of drug-likeness (QED) is 0.293. The first kappa shape index (κ1) is 13.3. The van der Waals surface area contributed by atoms with Crippen LogP contribution in [-0.2, 0) is 0 Å². The lowest BCUT2D eigenvalue weighted by molar-refractivity contribution is 1.77. The Balaban J connectivity index is 2.10. The average molecular weight is 304 g/mol. The zero-order valence-corrected chi connectivity index (χ0v) is 13.2. The number of rotatable bonds is 0. The molecule has 5 aromatic carbocycles. The van der Waals surface area contributed by atoms with E-state index in [-0.39, 0.29) is 0 Å². The van der Waals surface area contributed by atoms with Crippen LogP contribution in [0.1, 0.15) is 0 Å². The highest BCUT2D eigenvalue weighted by Crippen LogP contribution is 2.28. The minimum Gasteiger partial charge on any atom is -0.0610 e. The van der Waals surface area contributed by atoms with Crippen molar-refractivity contribution in [3.63, 3.8) is 0 Å². The summed E-state index contributed by atoms with van der Waals surface area (Å²) in [4.78, 5) is 0. The van der Waals surface area contributed by atoms with E-state index in [1.807, 2.05) is 0 Å². The van der Waals surface area contributed by atoms with Crippen molar-refractivity contribution in [1.29, 1.82) is 0 Å². The van der Waals surface area contributed by atoms with Gasteiger partial charge in [-0.3, -0.25) is 0 Å². The molecule has 0 aliphatic rings. The van der Waals surface area contributed by atoms with Gasteiger partial charge in [0.05, 0.1) is 0 Å². The Morgan fingerprint density at radius 1 is 0.250 bits per heavy atom. The maximum Gasteiger partial charge on any atom is -0.00389 e. The third-order valence-corrected chi connectivity index (χ3v) is 4.82. The molecule has 0 atom stereocenters. The highest BCUT2D eigenvalue weighted by molar-refractivity contribution is 6.12. The van der Waals surface area contributed by atoms with Gasteiger partial charge in [0.1, 0.15) is 0 Å². The van der Waals surface area contributed by atoms with Crippen LogP contribution in [0.3, 0.4) is 0 Å². The van der Waals surface area contributed by atoms with E-state index in [1.165, 1.54) is 43.1 Å². The predicted octanol–water partition coefficient (Wildman–Crippen LogP) is 6.86. The third kappa shape index (κ3) is 2.00. The summed E-state index contributed by atoms with van der Waals surface area (Å²) in [5.41, 5.74) is 0. The second-order valence-corrected chi connectivity index (χ2v) is 6.25. The summed E-state index contributed by atoms with van der Waals surface area (Å²) in [7, 11) is 0. The van der Waals surface area contributed by atoms with Crippen LogP contribution in [0, 0.1) is 0 Å². The van der Waals surface area contributed by atoms with E-state index in [1.54, 1.807) is 0 Å². The third-order valence-electron chi connectivity index (χ3n) is 4.82.